The molecular weight excluding hydrogens is 416 g/mol. The zero-order valence-electron chi connectivity index (χ0n) is 15.5. The van der Waals surface area contributed by atoms with Crippen LogP contribution in [0.25, 0.3) is 10.9 Å². The van der Waals surface area contributed by atoms with Gasteiger partial charge >= 0.3 is 0 Å². The molecule has 12 heteroatoms. The topological polar surface area (TPSA) is 145 Å². The lowest BCUT2D eigenvalue weighted by molar-refractivity contribution is 0.515. The van der Waals surface area contributed by atoms with Gasteiger partial charge in [0, 0.05) is 28.5 Å². The molecule has 0 bridgehead atoms. The first-order valence-electron chi connectivity index (χ1n) is 8.43. The summed E-state index contributed by atoms with van der Waals surface area (Å²) in [6.07, 6.45) is 1.59. The van der Waals surface area contributed by atoms with Crippen LogP contribution in [0.4, 0.5) is 32.1 Å². The monoisotopic (exact) mass is 432 g/mol. The summed E-state index contributed by atoms with van der Waals surface area (Å²) in [7, 11) is 0. The number of aromatic nitrogens is 4. The molecule has 4 aromatic rings. The molecule has 156 valence electrons. The molecule has 30 heavy (non-hydrogen) atoms. The maximum absolute atomic E-state index is 13.8. The molecule has 0 saturated carbocycles. The summed E-state index contributed by atoms with van der Waals surface area (Å²) in [5, 5.41) is 17.0. The second-order valence-electron chi connectivity index (χ2n) is 6.00. The molecule has 2 aromatic carbocycles. The first-order chi connectivity index (χ1) is 14.3. The molecule has 0 amide bonds. The fraction of sp³-hybridized carbons (Fsp3) is 0.0556. The third-order valence-electron chi connectivity index (χ3n) is 3.81. The van der Waals surface area contributed by atoms with Crippen LogP contribution in [0.15, 0.2) is 48.7 Å². The average Bonchev–Trinajstić information content (AvgIpc) is 3.08. The molecule has 0 aliphatic heterocycles. The van der Waals surface area contributed by atoms with Gasteiger partial charge in [0.15, 0.2) is 17.5 Å². The summed E-state index contributed by atoms with van der Waals surface area (Å²) in [5.74, 6) is -0.683. The van der Waals surface area contributed by atoms with Gasteiger partial charge in [0.2, 0.25) is 5.95 Å². The number of hydrogen-bond donors (Lipinski definition) is 4. The van der Waals surface area contributed by atoms with E-state index in [-0.39, 0.29) is 5.52 Å². The van der Waals surface area contributed by atoms with Crippen molar-refractivity contribution in [3.05, 3.63) is 65.9 Å². The van der Waals surface area contributed by atoms with Gasteiger partial charge in [0.1, 0.15) is 11.3 Å². The highest BCUT2D eigenvalue weighted by Gasteiger charge is 2.13. The van der Waals surface area contributed by atoms with Crippen molar-refractivity contribution in [2.24, 2.45) is 5.14 Å². The lowest BCUT2D eigenvalue weighted by atomic mass is 10.2. The lowest BCUT2D eigenvalue weighted by Crippen LogP contribution is -2.00. The number of halogens is 2. The molecule has 0 fully saturated rings. The number of aryl methyl sites for hydroxylation is 1. The van der Waals surface area contributed by atoms with Crippen LogP contribution in [0.5, 0.6) is 0 Å². The number of anilines is 4. The number of rotatable bonds is 4. The van der Waals surface area contributed by atoms with E-state index in [1.54, 1.807) is 12.3 Å². The van der Waals surface area contributed by atoms with Crippen molar-refractivity contribution in [1.29, 1.82) is 0 Å². The van der Waals surface area contributed by atoms with E-state index in [9.17, 15) is 8.78 Å². The summed E-state index contributed by atoms with van der Waals surface area (Å²) in [5.41, 5.74) is 1.98. The zero-order valence-corrected chi connectivity index (χ0v) is 16.3. The Hall–Kier alpha value is -3.48. The van der Waals surface area contributed by atoms with Crippen molar-refractivity contribution in [2.45, 2.75) is 6.92 Å². The minimum Gasteiger partial charge on any atom is -0.760 e. The van der Waals surface area contributed by atoms with E-state index in [2.05, 4.69) is 35.9 Å². The predicted molar refractivity (Wildman–Crippen MR) is 109 cm³/mol. The lowest BCUT2D eigenvalue weighted by Gasteiger charge is -2.08. The highest BCUT2D eigenvalue weighted by Crippen LogP contribution is 2.26. The molecule has 0 aliphatic carbocycles. The van der Waals surface area contributed by atoms with Crippen molar-refractivity contribution in [1.82, 2.24) is 20.2 Å². The van der Waals surface area contributed by atoms with E-state index in [1.165, 1.54) is 6.07 Å². The largest absolute Gasteiger partial charge is 0.760 e. The number of H-pyrrole nitrogens is 1. The van der Waals surface area contributed by atoms with Gasteiger partial charge in [-0.3, -0.25) is 14.4 Å². The Morgan fingerprint density at radius 3 is 2.67 bits per heavy atom. The third-order valence-corrected chi connectivity index (χ3v) is 3.81. The van der Waals surface area contributed by atoms with Gasteiger partial charge in [-0.05, 0) is 42.8 Å². The summed E-state index contributed by atoms with van der Waals surface area (Å²) < 4.78 is 44.6. The summed E-state index contributed by atoms with van der Waals surface area (Å²) >= 11 is -2.36. The smallest absolute Gasteiger partial charge is 0.229 e. The number of nitrogens with two attached hydrogens (primary N) is 1. The second-order valence-corrected chi connectivity index (χ2v) is 6.52. The van der Waals surface area contributed by atoms with Crippen LogP contribution in [0.3, 0.4) is 0 Å². The Bertz CT molecular complexity index is 1200. The van der Waals surface area contributed by atoms with Crippen LogP contribution >= 0.6 is 0 Å². The van der Waals surface area contributed by atoms with E-state index in [1.807, 2.05) is 31.2 Å². The Morgan fingerprint density at radius 1 is 1.17 bits per heavy atom. The maximum Gasteiger partial charge on any atom is 0.229 e. The maximum atomic E-state index is 13.8. The molecule has 2 aromatic heterocycles. The van der Waals surface area contributed by atoms with Crippen molar-refractivity contribution >= 4 is 45.4 Å². The second kappa shape index (κ2) is 9.35. The van der Waals surface area contributed by atoms with Gasteiger partial charge in [0.25, 0.3) is 0 Å². The van der Waals surface area contributed by atoms with Gasteiger partial charge in [-0.1, -0.05) is 12.1 Å². The van der Waals surface area contributed by atoms with Gasteiger partial charge in [-0.2, -0.15) is 10.1 Å². The van der Waals surface area contributed by atoms with Crippen LogP contribution in [-0.2, 0) is 11.3 Å². The number of nitrogens with one attached hydrogen (secondary N) is 3. The van der Waals surface area contributed by atoms with Crippen molar-refractivity contribution in [2.75, 3.05) is 10.6 Å². The van der Waals surface area contributed by atoms with E-state index in [0.29, 0.717) is 23.0 Å². The average molecular weight is 432 g/mol. The minimum atomic E-state index is -2.36. The molecule has 0 spiro atoms. The molecule has 0 radical (unpaired) electrons. The summed E-state index contributed by atoms with van der Waals surface area (Å²) in [6.45, 7) is 1.99. The standard InChI is InChI=1S/C18H14F2N6.H3NO2S/c1-10-3-2-4-11(9-10)22-18-21-8-7-14(24-18)23-17-12-5-6-13(19)15(20)16(12)25-26-17;1-4(2)3/h2-9H,1H3,(H3,21,22,23,24,25,26);1H2,(H,2,3)/p-1. The predicted octanol–water partition coefficient (Wildman–Crippen LogP) is 3.17. The molecule has 4 rings (SSSR count). The van der Waals surface area contributed by atoms with Crippen LogP contribution in [-0.4, -0.2) is 28.9 Å². The first-order valence-corrected chi connectivity index (χ1v) is 9.57. The SMILES string of the molecule is Cc1cccc(Nc2nccc(Nc3n[nH]c4c(F)c(F)ccc34)n2)c1.NS(=O)[O-]. The minimum absolute atomic E-state index is 0.000310. The summed E-state index contributed by atoms with van der Waals surface area (Å²) in [6, 6.07) is 12.0. The van der Waals surface area contributed by atoms with Crippen molar-refractivity contribution < 1.29 is 17.5 Å². The molecule has 1 atom stereocenters. The molecule has 5 N–H and O–H groups in total. The highest BCUT2D eigenvalue weighted by molar-refractivity contribution is 7.76. The van der Waals surface area contributed by atoms with Crippen LogP contribution in [0.1, 0.15) is 5.56 Å². The van der Waals surface area contributed by atoms with Crippen LogP contribution in [0.2, 0.25) is 0 Å². The Kier molecular flexibility index (Phi) is 6.61. The van der Waals surface area contributed by atoms with Crippen molar-refractivity contribution in [3.8, 4) is 0 Å². The molecule has 9 nitrogen and oxygen atoms in total. The number of benzene rings is 2. The number of aromatic amines is 1. The molecule has 0 aliphatic rings. The van der Waals surface area contributed by atoms with E-state index in [4.69, 9.17) is 8.76 Å². The number of fused-ring (bicyclic) bond motifs is 1. The van der Waals surface area contributed by atoms with E-state index < -0.39 is 22.9 Å². The van der Waals surface area contributed by atoms with E-state index in [0.717, 1.165) is 17.3 Å². The fourth-order valence-electron chi connectivity index (χ4n) is 2.59. The van der Waals surface area contributed by atoms with Gasteiger partial charge < -0.3 is 15.2 Å². The highest BCUT2D eigenvalue weighted by atomic mass is 32.2. The van der Waals surface area contributed by atoms with Crippen LogP contribution in [0, 0.1) is 18.6 Å². The molecule has 1 unspecified atom stereocenters. The molecular formula is C18H16F2N7O2S-. The molecule has 2 heterocycles. The van der Waals surface area contributed by atoms with Crippen LogP contribution < -0.4 is 15.8 Å². The first kappa shape index (κ1) is 21.2. The van der Waals surface area contributed by atoms with Crippen molar-refractivity contribution in [3.63, 3.8) is 0 Å². The Morgan fingerprint density at radius 2 is 1.93 bits per heavy atom. The number of hydrogen-bond acceptors (Lipinski definition) is 7. The van der Waals surface area contributed by atoms with Gasteiger partial charge in [0.05, 0.1) is 0 Å². The Balaban J connectivity index is 0.000000589. The normalized spacial score (nSPS) is 11.5. The Labute approximate surface area is 172 Å². The fourth-order valence-corrected chi connectivity index (χ4v) is 2.59. The van der Waals surface area contributed by atoms with E-state index >= 15 is 0 Å². The zero-order chi connectivity index (χ0) is 21.7. The molecule has 0 saturated heterocycles. The summed E-state index contributed by atoms with van der Waals surface area (Å²) in [4.78, 5) is 8.55. The number of nitrogens with zero attached hydrogens (tertiary/aromatic N) is 3. The quantitative estimate of drug-likeness (QED) is 0.362. The van der Waals surface area contributed by atoms with Gasteiger partial charge in [-0.15, -0.1) is 0 Å². The van der Waals surface area contributed by atoms with Gasteiger partial charge in [-0.25, -0.2) is 13.8 Å². The third kappa shape index (κ3) is 5.31.